The van der Waals surface area contributed by atoms with E-state index in [0.29, 0.717) is 0 Å². The van der Waals surface area contributed by atoms with Crippen molar-refractivity contribution >= 4 is 61.9 Å². The zero-order valence-electron chi connectivity index (χ0n) is 21.5. The molecule has 0 radical (unpaired) electrons. The normalized spacial score (nSPS) is 12.9. The molecule has 0 atom stereocenters. The molecule has 0 fully saturated rings. The zero-order valence-corrected chi connectivity index (χ0v) is 26.4. The SMILES string of the molecule is C1=CCC(P(c2ccccc2)c2ccccc2)=C1.C1=CCC(P(c2ccccc2)c2ccccc2)=C1.Cl.Cl.[Pd]. The molecule has 0 spiro atoms. The fraction of sp³-hybridized carbons (Fsp3) is 0.0588. The first-order valence-electron chi connectivity index (χ1n) is 12.4. The van der Waals surface area contributed by atoms with Gasteiger partial charge in [-0.3, -0.25) is 0 Å². The Morgan fingerprint density at radius 3 is 0.846 bits per heavy atom. The van der Waals surface area contributed by atoms with Gasteiger partial charge in [-0.2, -0.15) is 0 Å². The molecule has 0 heterocycles. The van der Waals surface area contributed by atoms with Gasteiger partial charge in [0.15, 0.2) is 0 Å². The van der Waals surface area contributed by atoms with Crippen molar-refractivity contribution < 1.29 is 20.4 Å². The number of hydrogen-bond donors (Lipinski definition) is 0. The van der Waals surface area contributed by atoms with Crippen molar-refractivity contribution in [1.82, 2.24) is 0 Å². The van der Waals surface area contributed by atoms with Crippen molar-refractivity contribution in [3.63, 3.8) is 0 Å². The Morgan fingerprint density at radius 2 is 0.641 bits per heavy atom. The van der Waals surface area contributed by atoms with Gasteiger partial charge < -0.3 is 0 Å². The van der Waals surface area contributed by atoms with E-state index < -0.39 is 0 Å². The molecule has 4 aromatic rings. The summed E-state index contributed by atoms with van der Waals surface area (Å²) in [7, 11) is -0.707. The summed E-state index contributed by atoms with van der Waals surface area (Å²) in [5.41, 5.74) is 0. The molecule has 0 aromatic heterocycles. The van der Waals surface area contributed by atoms with E-state index in [-0.39, 0.29) is 61.1 Å². The van der Waals surface area contributed by atoms with Gasteiger partial charge in [0.05, 0.1) is 0 Å². The molecule has 202 valence electrons. The van der Waals surface area contributed by atoms with E-state index in [1.54, 1.807) is 10.6 Å². The molecule has 0 unspecified atom stereocenters. The molecular formula is C34H32Cl2P2Pd. The van der Waals surface area contributed by atoms with Crippen molar-refractivity contribution in [2.45, 2.75) is 12.8 Å². The number of benzene rings is 4. The van der Waals surface area contributed by atoms with E-state index in [2.05, 4.69) is 158 Å². The van der Waals surface area contributed by atoms with Crippen LogP contribution in [0.1, 0.15) is 12.8 Å². The molecule has 5 heteroatoms. The molecule has 0 saturated heterocycles. The van der Waals surface area contributed by atoms with Crippen LogP contribution < -0.4 is 21.2 Å². The van der Waals surface area contributed by atoms with Crippen LogP contribution in [0.4, 0.5) is 0 Å². The largest absolute Gasteiger partial charge is 0.147 e. The molecule has 0 aliphatic heterocycles. The minimum Gasteiger partial charge on any atom is -0.147 e. The first-order valence-corrected chi connectivity index (χ1v) is 15.1. The predicted molar refractivity (Wildman–Crippen MR) is 176 cm³/mol. The Morgan fingerprint density at radius 1 is 0.385 bits per heavy atom. The van der Waals surface area contributed by atoms with E-state index in [1.165, 1.54) is 21.2 Å². The summed E-state index contributed by atoms with van der Waals surface area (Å²) >= 11 is 0. The smallest absolute Gasteiger partial charge is 0 e. The molecule has 4 aromatic carbocycles. The van der Waals surface area contributed by atoms with Gasteiger partial charge in [0.2, 0.25) is 0 Å². The zero-order chi connectivity index (χ0) is 24.4. The van der Waals surface area contributed by atoms with Gasteiger partial charge in [-0.25, -0.2) is 0 Å². The topological polar surface area (TPSA) is 0 Å². The Kier molecular flexibility index (Phi) is 15.0. The Balaban J connectivity index is 0.000000254. The first-order chi connectivity index (χ1) is 17.9. The van der Waals surface area contributed by atoms with Gasteiger partial charge in [0, 0.05) is 20.4 Å². The van der Waals surface area contributed by atoms with Crippen LogP contribution in [-0.4, -0.2) is 0 Å². The molecule has 6 rings (SSSR count). The molecule has 0 nitrogen and oxygen atoms in total. The second-order valence-electron chi connectivity index (χ2n) is 8.59. The van der Waals surface area contributed by atoms with E-state index in [9.17, 15) is 0 Å². The summed E-state index contributed by atoms with van der Waals surface area (Å²) in [4.78, 5) is 0. The van der Waals surface area contributed by atoms with Gasteiger partial charge in [0.1, 0.15) is 0 Å². The van der Waals surface area contributed by atoms with Crippen LogP contribution in [0.25, 0.3) is 0 Å². The van der Waals surface area contributed by atoms with Crippen LogP contribution in [0, 0.1) is 0 Å². The van der Waals surface area contributed by atoms with Crippen LogP contribution in [0.2, 0.25) is 0 Å². The summed E-state index contributed by atoms with van der Waals surface area (Å²) in [6, 6.07) is 43.4. The third-order valence-corrected chi connectivity index (χ3v) is 11.2. The maximum absolute atomic E-state index is 2.28. The van der Waals surface area contributed by atoms with Crippen LogP contribution in [0.15, 0.2) is 168 Å². The van der Waals surface area contributed by atoms with Crippen molar-refractivity contribution in [3.05, 3.63) is 168 Å². The van der Waals surface area contributed by atoms with E-state index in [1.807, 2.05) is 0 Å². The summed E-state index contributed by atoms with van der Waals surface area (Å²) in [6.07, 6.45) is 15.6. The van der Waals surface area contributed by atoms with Gasteiger partial charge in [-0.05, 0) is 60.5 Å². The monoisotopic (exact) mass is 678 g/mol. The maximum Gasteiger partial charge on any atom is 0 e. The Hall–Kier alpha value is -2.06. The van der Waals surface area contributed by atoms with E-state index in [0.717, 1.165) is 12.8 Å². The fourth-order valence-corrected chi connectivity index (χ4v) is 9.32. The summed E-state index contributed by atoms with van der Waals surface area (Å²) < 4.78 is 0. The Bertz CT molecular complexity index is 1180. The fourth-order valence-electron chi connectivity index (χ4n) is 4.47. The first kappa shape index (κ1) is 33.2. The summed E-state index contributed by atoms with van der Waals surface area (Å²) in [5, 5.41) is 8.84. The second kappa shape index (κ2) is 17.6. The number of allylic oxidation sites excluding steroid dienone is 8. The molecular weight excluding hydrogens is 648 g/mol. The van der Waals surface area contributed by atoms with Gasteiger partial charge in [0.25, 0.3) is 0 Å². The van der Waals surface area contributed by atoms with Crippen LogP contribution in [-0.2, 0) is 20.4 Å². The average Bonchev–Trinajstić information content (AvgIpc) is 3.68. The molecule has 0 amide bonds. The van der Waals surface area contributed by atoms with Gasteiger partial charge in [-0.15, -0.1) is 24.8 Å². The summed E-state index contributed by atoms with van der Waals surface area (Å²) in [5.74, 6) is 0. The standard InChI is InChI=1S/2C17H15P.2ClH.Pd/c2*1-3-9-15(10-4-1)18(17-13-7-8-14-17)16-11-5-2-6-12-16;;;/h2*1-13H,14H2;2*1H;. The van der Waals surface area contributed by atoms with Gasteiger partial charge in [-0.1, -0.05) is 158 Å². The van der Waals surface area contributed by atoms with E-state index >= 15 is 0 Å². The van der Waals surface area contributed by atoms with Crippen molar-refractivity contribution in [3.8, 4) is 0 Å². The maximum atomic E-state index is 2.28. The molecule has 39 heavy (non-hydrogen) atoms. The number of hydrogen-bond acceptors (Lipinski definition) is 0. The van der Waals surface area contributed by atoms with Crippen LogP contribution in [0.3, 0.4) is 0 Å². The molecule has 0 N–H and O–H groups in total. The minimum atomic E-state index is -0.353. The summed E-state index contributed by atoms with van der Waals surface area (Å²) in [6.45, 7) is 0. The van der Waals surface area contributed by atoms with Crippen LogP contribution >= 0.6 is 40.7 Å². The Labute approximate surface area is 262 Å². The average molecular weight is 680 g/mol. The van der Waals surface area contributed by atoms with E-state index in [4.69, 9.17) is 0 Å². The number of halogens is 2. The van der Waals surface area contributed by atoms with Gasteiger partial charge >= 0.3 is 0 Å². The third kappa shape index (κ3) is 8.97. The quantitative estimate of drug-likeness (QED) is 0.141. The molecule has 0 bridgehead atoms. The third-order valence-electron chi connectivity index (χ3n) is 6.14. The van der Waals surface area contributed by atoms with Crippen molar-refractivity contribution in [1.29, 1.82) is 0 Å². The van der Waals surface area contributed by atoms with Crippen LogP contribution in [0.5, 0.6) is 0 Å². The van der Waals surface area contributed by atoms with Crippen molar-refractivity contribution in [2.24, 2.45) is 0 Å². The molecule has 2 aliphatic rings. The minimum absolute atomic E-state index is 0. The second-order valence-corrected chi connectivity index (χ2v) is 13.1. The molecule has 0 saturated carbocycles. The number of rotatable bonds is 6. The molecule has 2 aliphatic carbocycles. The predicted octanol–water partition coefficient (Wildman–Crippen LogP) is 8.77. The van der Waals surface area contributed by atoms with Crippen molar-refractivity contribution in [2.75, 3.05) is 0 Å².